The first kappa shape index (κ1) is 17.2. The number of likely N-dealkylation sites (tertiary alicyclic amines) is 1. The molecule has 6 heteroatoms. The minimum Gasteiger partial charge on any atom is -0.353 e. The Kier molecular flexibility index (Phi) is 5.20. The van der Waals surface area contributed by atoms with Crippen LogP contribution in [0.15, 0.2) is 12.4 Å². The Labute approximate surface area is 154 Å². The van der Waals surface area contributed by atoms with Gasteiger partial charge in [-0.05, 0) is 44.8 Å². The molecule has 4 rings (SSSR count). The van der Waals surface area contributed by atoms with E-state index < -0.39 is 0 Å². The number of hydrogen-bond acceptors (Lipinski definition) is 6. The van der Waals surface area contributed by atoms with Crippen molar-refractivity contribution in [3.8, 4) is 0 Å². The highest BCUT2D eigenvalue weighted by Gasteiger charge is 2.22. The monoisotopic (exact) mass is 359 g/mol. The van der Waals surface area contributed by atoms with Gasteiger partial charge in [-0.1, -0.05) is 6.92 Å². The first-order valence-electron chi connectivity index (χ1n) is 9.60. The third-order valence-electron chi connectivity index (χ3n) is 5.71. The van der Waals surface area contributed by atoms with E-state index in [1.165, 1.54) is 49.3 Å². The zero-order chi connectivity index (χ0) is 17.2. The molecule has 2 aliphatic heterocycles. The van der Waals surface area contributed by atoms with Gasteiger partial charge in [0.1, 0.15) is 17.0 Å². The molecule has 2 aromatic rings. The fourth-order valence-electron chi connectivity index (χ4n) is 3.97. The quantitative estimate of drug-likeness (QED) is 0.839. The number of aryl methyl sites for hydroxylation is 1. The molecule has 136 valence electrons. The molecule has 4 heterocycles. The topological polar surface area (TPSA) is 35.5 Å². The van der Waals surface area contributed by atoms with E-state index in [1.807, 2.05) is 0 Å². The Morgan fingerprint density at radius 3 is 2.40 bits per heavy atom. The smallest absolute Gasteiger partial charge is 0.140 e. The van der Waals surface area contributed by atoms with Crippen LogP contribution in [0.2, 0.25) is 0 Å². The van der Waals surface area contributed by atoms with Gasteiger partial charge in [-0.15, -0.1) is 11.3 Å². The highest BCUT2D eigenvalue weighted by atomic mass is 32.1. The van der Waals surface area contributed by atoms with Crippen LogP contribution in [0.5, 0.6) is 0 Å². The normalized spacial score (nSPS) is 21.3. The second kappa shape index (κ2) is 7.56. The predicted octanol–water partition coefficient (Wildman–Crippen LogP) is 2.85. The van der Waals surface area contributed by atoms with E-state index in [9.17, 15) is 0 Å². The maximum atomic E-state index is 4.59. The van der Waals surface area contributed by atoms with Gasteiger partial charge >= 0.3 is 0 Å². The maximum Gasteiger partial charge on any atom is 0.140 e. The zero-order valence-electron chi connectivity index (χ0n) is 15.4. The minimum absolute atomic E-state index is 0.922. The number of hydrogen-bond donors (Lipinski definition) is 0. The van der Waals surface area contributed by atoms with Crippen molar-refractivity contribution in [1.29, 1.82) is 0 Å². The Morgan fingerprint density at radius 1 is 1.00 bits per heavy atom. The van der Waals surface area contributed by atoms with Gasteiger partial charge in [-0.3, -0.25) is 4.90 Å². The van der Waals surface area contributed by atoms with E-state index in [2.05, 4.69) is 44.6 Å². The number of piperidine rings is 1. The number of anilines is 1. The summed E-state index contributed by atoms with van der Waals surface area (Å²) < 4.78 is 0. The summed E-state index contributed by atoms with van der Waals surface area (Å²) in [6.07, 6.45) is 4.46. The molecule has 0 spiro atoms. The molecule has 0 bridgehead atoms. The fraction of sp³-hybridized carbons (Fsp3) is 0.684. The summed E-state index contributed by atoms with van der Waals surface area (Å²) in [4.78, 5) is 19.1. The highest BCUT2D eigenvalue weighted by Crippen LogP contribution is 2.30. The molecule has 0 saturated carbocycles. The summed E-state index contributed by atoms with van der Waals surface area (Å²) in [6.45, 7) is 14.0. The van der Waals surface area contributed by atoms with Crippen LogP contribution in [0.4, 0.5) is 5.82 Å². The maximum absolute atomic E-state index is 4.59. The average molecular weight is 360 g/mol. The lowest BCUT2D eigenvalue weighted by Gasteiger charge is -2.37. The van der Waals surface area contributed by atoms with Gasteiger partial charge in [0.15, 0.2) is 0 Å². The molecule has 0 aliphatic carbocycles. The summed E-state index contributed by atoms with van der Waals surface area (Å²) in [5, 5.41) is 1.22. The summed E-state index contributed by atoms with van der Waals surface area (Å²) >= 11 is 1.76. The van der Waals surface area contributed by atoms with Crippen molar-refractivity contribution in [3.63, 3.8) is 0 Å². The van der Waals surface area contributed by atoms with Crippen molar-refractivity contribution in [1.82, 2.24) is 19.8 Å². The number of rotatable bonds is 4. The molecular formula is C19H29N5S. The first-order chi connectivity index (χ1) is 12.2. The van der Waals surface area contributed by atoms with Crippen molar-refractivity contribution in [2.45, 2.75) is 26.7 Å². The molecule has 2 fully saturated rings. The molecule has 2 aliphatic rings. The molecule has 5 nitrogen and oxygen atoms in total. The third-order valence-corrected chi connectivity index (χ3v) is 6.67. The van der Waals surface area contributed by atoms with Gasteiger partial charge in [0.05, 0.1) is 5.39 Å². The van der Waals surface area contributed by atoms with E-state index in [0.29, 0.717) is 0 Å². The molecule has 0 amide bonds. The van der Waals surface area contributed by atoms with Gasteiger partial charge in [-0.25, -0.2) is 9.97 Å². The van der Waals surface area contributed by atoms with Crippen LogP contribution in [0.1, 0.15) is 24.6 Å². The second-order valence-electron chi connectivity index (χ2n) is 7.63. The van der Waals surface area contributed by atoms with E-state index in [-0.39, 0.29) is 0 Å². The first-order valence-corrected chi connectivity index (χ1v) is 10.4. The lowest BCUT2D eigenvalue weighted by Crippen LogP contribution is -2.49. The van der Waals surface area contributed by atoms with Crippen molar-refractivity contribution in [2.75, 3.05) is 57.3 Å². The lowest BCUT2D eigenvalue weighted by molar-refractivity contribution is 0.157. The molecule has 25 heavy (non-hydrogen) atoms. The number of aromatic nitrogens is 2. The van der Waals surface area contributed by atoms with E-state index in [1.54, 1.807) is 17.7 Å². The molecule has 0 aromatic carbocycles. The predicted molar refractivity (Wildman–Crippen MR) is 106 cm³/mol. The largest absolute Gasteiger partial charge is 0.353 e. The second-order valence-corrected chi connectivity index (χ2v) is 8.86. The van der Waals surface area contributed by atoms with Crippen LogP contribution in [-0.4, -0.2) is 72.1 Å². The van der Waals surface area contributed by atoms with Crippen molar-refractivity contribution in [3.05, 3.63) is 17.3 Å². The number of thiophene rings is 1. The van der Waals surface area contributed by atoms with Crippen molar-refractivity contribution < 1.29 is 0 Å². The number of nitrogens with zero attached hydrogens (tertiary/aromatic N) is 5. The van der Waals surface area contributed by atoms with Crippen LogP contribution in [0.3, 0.4) is 0 Å². The van der Waals surface area contributed by atoms with Crippen LogP contribution in [0, 0.1) is 12.8 Å². The Hall–Kier alpha value is -1.24. The van der Waals surface area contributed by atoms with Gasteiger partial charge in [-0.2, -0.15) is 0 Å². The molecular weight excluding hydrogens is 330 g/mol. The molecule has 2 aromatic heterocycles. The van der Waals surface area contributed by atoms with Gasteiger partial charge in [0.25, 0.3) is 0 Å². The summed E-state index contributed by atoms with van der Waals surface area (Å²) in [7, 11) is 0. The van der Waals surface area contributed by atoms with Crippen LogP contribution >= 0.6 is 11.3 Å². The summed E-state index contributed by atoms with van der Waals surface area (Å²) in [5.74, 6) is 2.05. The summed E-state index contributed by atoms with van der Waals surface area (Å²) in [5.41, 5.74) is 0. The Bertz CT molecular complexity index is 699. The number of fused-ring (bicyclic) bond motifs is 1. The minimum atomic E-state index is 0.922. The SMILES string of the molecule is Cc1cc2c(N3CCN(CCN4CCC(C)CC4)CC3)ncnc2s1. The van der Waals surface area contributed by atoms with E-state index >= 15 is 0 Å². The molecule has 0 radical (unpaired) electrons. The third kappa shape index (κ3) is 3.96. The molecule has 0 unspecified atom stereocenters. The standard InChI is InChI=1S/C19H29N5S/c1-15-3-5-22(6-4-15)7-8-23-9-11-24(12-10-23)18-17-13-16(2)25-19(17)21-14-20-18/h13-15H,3-12H2,1-2H3. The molecule has 0 atom stereocenters. The number of piperazine rings is 1. The fourth-order valence-corrected chi connectivity index (χ4v) is 4.81. The van der Waals surface area contributed by atoms with Gasteiger partial charge in [0, 0.05) is 44.1 Å². The van der Waals surface area contributed by atoms with Crippen LogP contribution < -0.4 is 4.90 Å². The van der Waals surface area contributed by atoms with Crippen molar-refractivity contribution in [2.24, 2.45) is 5.92 Å². The highest BCUT2D eigenvalue weighted by molar-refractivity contribution is 7.18. The average Bonchev–Trinajstić information content (AvgIpc) is 3.02. The van der Waals surface area contributed by atoms with Gasteiger partial charge in [0.2, 0.25) is 0 Å². The van der Waals surface area contributed by atoms with E-state index in [0.717, 1.165) is 42.7 Å². The van der Waals surface area contributed by atoms with Gasteiger partial charge < -0.3 is 9.80 Å². The lowest BCUT2D eigenvalue weighted by atomic mass is 9.99. The molecule has 2 saturated heterocycles. The van der Waals surface area contributed by atoms with Crippen molar-refractivity contribution >= 4 is 27.4 Å². The Balaban J connectivity index is 1.30. The summed E-state index contributed by atoms with van der Waals surface area (Å²) in [6, 6.07) is 2.24. The zero-order valence-corrected chi connectivity index (χ0v) is 16.3. The van der Waals surface area contributed by atoms with E-state index in [4.69, 9.17) is 0 Å². The van der Waals surface area contributed by atoms with Crippen LogP contribution in [0.25, 0.3) is 10.2 Å². The Morgan fingerprint density at radius 2 is 1.68 bits per heavy atom. The van der Waals surface area contributed by atoms with Crippen LogP contribution in [-0.2, 0) is 0 Å². The molecule has 0 N–H and O–H groups in total.